The zero-order chi connectivity index (χ0) is 27.8. The van der Waals surface area contributed by atoms with Crippen LogP contribution in [0.25, 0.3) is 6.08 Å². The number of carbonyl (C=O) groups excluding carboxylic acids is 2. The largest absolute Gasteiger partial charge is 0.507 e. The standard InChI is InChI=1S/C32H44BNO5/c1-5-9-23-17-25-29(32(37)34(31(25)36)24-10-7-6-8-11-24)26-18-33(38)39-27(28(23)26)13-12-19(2)14-22-15-20(3)30(35)21(4)16-22/h14-16,24-27,29,35,38H,5-13,17-18H2,1-4H3/b19-14+/t25-,26+,27-,29-/m1/s1. The molecule has 3 fully saturated rings. The number of imide groups is 1. The second-order valence-electron chi connectivity index (χ2n) is 12.4. The van der Waals surface area contributed by atoms with Gasteiger partial charge in [0.1, 0.15) is 5.75 Å². The second-order valence-corrected chi connectivity index (χ2v) is 12.4. The summed E-state index contributed by atoms with van der Waals surface area (Å²) in [4.78, 5) is 29.2. The molecule has 4 aliphatic rings. The van der Waals surface area contributed by atoms with E-state index in [0.717, 1.165) is 68.1 Å². The predicted molar refractivity (Wildman–Crippen MR) is 154 cm³/mol. The van der Waals surface area contributed by atoms with Gasteiger partial charge >= 0.3 is 7.12 Å². The Hall–Kier alpha value is -2.38. The lowest BCUT2D eigenvalue weighted by atomic mass is 9.58. The van der Waals surface area contributed by atoms with Crippen LogP contribution in [0, 0.1) is 31.6 Å². The van der Waals surface area contributed by atoms with E-state index in [1.165, 1.54) is 23.1 Å². The lowest BCUT2D eigenvalue weighted by molar-refractivity contribution is -0.143. The lowest BCUT2D eigenvalue weighted by Gasteiger charge is -2.43. The van der Waals surface area contributed by atoms with Crippen molar-refractivity contribution in [3.8, 4) is 5.75 Å². The van der Waals surface area contributed by atoms with Gasteiger partial charge in [0.2, 0.25) is 11.8 Å². The summed E-state index contributed by atoms with van der Waals surface area (Å²) in [6.07, 6.45) is 11.5. The van der Waals surface area contributed by atoms with Crippen LogP contribution in [0.4, 0.5) is 0 Å². The normalized spacial score (nSPS) is 28.3. The van der Waals surface area contributed by atoms with Crippen molar-refractivity contribution in [1.29, 1.82) is 0 Å². The molecule has 2 aliphatic carbocycles. The minimum Gasteiger partial charge on any atom is -0.507 e. The number of aryl methyl sites for hydroxylation is 2. The van der Waals surface area contributed by atoms with Crippen LogP contribution in [0.5, 0.6) is 5.75 Å². The van der Waals surface area contributed by atoms with E-state index >= 15 is 0 Å². The summed E-state index contributed by atoms with van der Waals surface area (Å²) in [5, 5.41) is 20.9. The maximum Gasteiger partial charge on any atom is 0.455 e. The van der Waals surface area contributed by atoms with Gasteiger partial charge in [-0.05, 0) is 106 Å². The molecule has 0 spiro atoms. The SMILES string of the molecule is CCCC1=C2[C@@H](CC/C(C)=C/c3cc(C)c(O)c(C)c3)OB(O)C[C@@H]2[C@@H]2C(=O)N(C3CCCCC3)C(=O)[C@@H]2C1. The van der Waals surface area contributed by atoms with E-state index in [1.54, 1.807) is 4.90 Å². The highest BCUT2D eigenvalue weighted by atomic mass is 16.5. The quantitative estimate of drug-likeness (QED) is 0.251. The second kappa shape index (κ2) is 11.6. The van der Waals surface area contributed by atoms with Crippen molar-refractivity contribution in [2.24, 2.45) is 17.8 Å². The van der Waals surface area contributed by atoms with E-state index < -0.39 is 7.12 Å². The fourth-order valence-corrected chi connectivity index (χ4v) is 7.81. The van der Waals surface area contributed by atoms with Gasteiger partial charge in [-0.3, -0.25) is 14.5 Å². The van der Waals surface area contributed by atoms with E-state index in [4.69, 9.17) is 4.65 Å². The highest BCUT2D eigenvalue weighted by Gasteiger charge is 2.58. The number of phenols is 1. The molecule has 4 atom stereocenters. The van der Waals surface area contributed by atoms with Gasteiger partial charge in [0, 0.05) is 6.04 Å². The van der Waals surface area contributed by atoms with Gasteiger partial charge in [-0.25, -0.2) is 0 Å². The summed E-state index contributed by atoms with van der Waals surface area (Å²) in [5.74, 6) is -0.416. The van der Waals surface area contributed by atoms with Crippen LogP contribution in [-0.4, -0.2) is 46.1 Å². The van der Waals surface area contributed by atoms with E-state index in [-0.39, 0.29) is 41.7 Å². The van der Waals surface area contributed by atoms with Gasteiger partial charge in [-0.1, -0.05) is 49.8 Å². The first-order valence-electron chi connectivity index (χ1n) is 15.1. The van der Waals surface area contributed by atoms with Crippen molar-refractivity contribution in [3.05, 3.63) is 45.5 Å². The molecule has 1 saturated carbocycles. The Morgan fingerprint density at radius 2 is 1.79 bits per heavy atom. The van der Waals surface area contributed by atoms with Crippen LogP contribution in [0.15, 0.2) is 28.9 Å². The van der Waals surface area contributed by atoms with Gasteiger partial charge in [-0.2, -0.15) is 0 Å². The monoisotopic (exact) mass is 533 g/mol. The van der Waals surface area contributed by atoms with Gasteiger partial charge < -0.3 is 14.8 Å². The number of phenolic OH excluding ortho intramolecular Hbond substituents is 1. The van der Waals surface area contributed by atoms with E-state index in [9.17, 15) is 19.7 Å². The average Bonchev–Trinajstić information content (AvgIpc) is 3.15. The van der Waals surface area contributed by atoms with Crippen molar-refractivity contribution in [3.63, 3.8) is 0 Å². The molecule has 5 rings (SSSR count). The van der Waals surface area contributed by atoms with Crippen molar-refractivity contribution in [2.75, 3.05) is 0 Å². The number of rotatable bonds is 7. The van der Waals surface area contributed by atoms with Gasteiger partial charge in [-0.15, -0.1) is 0 Å². The van der Waals surface area contributed by atoms with E-state index in [0.29, 0.717) is 18.5 Å². The van der Waals surface area contributed by atoms with Crippen LogP contribution in [0.1, 0.15) is 94.7 Å². The molecule has 2 aliphatic heterocycles. The third-order valence-corrected chi connectivity index (χ3v) is 9.56. The average molecular weight is 534 g/mol. The van der Waals surface area contributed by atoms with Crippen LogP contribution in [-0.2, 0) is 14.2 Å². The number of hydrogen-bond donors (Lipinski definition) is 2. The minimum atomic E-state index is -0.927. The highest BCUT2D eigenvalue weighted by Crippen LogP contribution is 2.52. The number of carbonyl (C=O) groups is 2. The Morgan fingerprint density at radius 1 is 1.10 bits per heavy atom. The van der Waals surface area contributed by atoms with Crippen LogP contribution in [0.2, 0.25) is 6.32 Å². The zero-order valence-corrected chi connectivity index (χ0v) is 24.0. The first-order valence-corrected chi connectivity index (χ1v) is 15.1. The first kappa shape index (κ1) is 28.2. The number of benzene rings is 1. The molecular formula is C32H44BNO5. The molecule has 0 unspecified atom stereocenters. The molecular weight excluding hydrogens is 489 g/mol. The van der Waals surface area contributed by atoms with Crippen molar-refractivity contribution < 1.29 is 24.4 Å². The van der Waals surface area contributed by atoms with Crippen LogP contribution < -0.4 is 0 Å². The summed E-state index contributed by atoms with van der Waals surface area (Å²) >= 11 is 0. The minimum absolute atomic E-state index is 0.00283. The maximum absolute atomic E-state index is 13.9. The van der Waals surface area contributed by atoms with Gasteiger partial charge in [0.25, 0.3) is 0 Å². The lowest BCUT2D eigenvalue weighted by Crippen LogP contribution is -2.46. The molecule has 2 heterocycles. The predicted octanol–water partition coefficient (Wildman–Crippen LogP) is 6.12. The zero-order valence-electron chi connectivity index (χ0n) is 24.0. The molecule has 2 N–H and O–H groups in total. The molecule has 1 aromatic carbocycles. The number of likely N-dealkylation sites (tertiary alicyclic amines) is 1. The smallest absolute Gasteiger partial charge is 0.455 e. The number of amides is 2. The topological polar surface area (TPSA) is 87.1 Å². The fourth-order valence-electron chi connectivity index (χ4n) is 7.81. The van der Waals surface area contributed by atoms with Crippen molar-refractivity contribution in [2.45, 2.75) is 110 Å². The fraction of sp³-hybridized carbons (Fsp3) is 0.625. The summed E-state index contributed by atoms with van der Waals surface area (Å²) in [6.45, 7) is 8.09. The van der Waals surface area contributed by atoms with Gasteiger partial charge in [0.05, 0.1) is 17.9 Å². The number of hydrogen-bond acceptors (Lipinski definition) is 5. The summed E-state index contributed by atoms with van der Waals surface area (Å²) < 4.78 is 6.17. The van der Waals surface area contributed by atoms with Crippen LogP contribution >= 0.6 is 0 Å². The number of allylic oxidation sites excluding steroid dienone is 2. The third-order valence-electron chi connectivity index (χ3n) is 9.56. The third kappa shape index (κ3) is 5.49. The molecule has 7 heteroatoms. The number of fused-ring (bicyclic) bond motifs is 3. The van der Waals surface area contributed by atoms with Crippen molar-refractivity contribution in [1.82, 2.24) is 4.90 Å². The maximum atomic E-state index is 13.9. The Morgan fingerprint density at radius 3 is 2.46 bits per heavy atom. The molecule has 2 amide bonds. The molecule has 1 aromatic rings. The highest BCUT2D eigenvalue weighted by molar-refractivity contribution is 6.43. The molecule has 0 aromatic heterocycles. The van der Waals surface area contributed by atoms with Crippen molar-refractivity contribution >= 4 is 25.0 Å². The summed E-state index contributed by atoms with van der Waals surface area (Å²) in [6, 6.07) is 4.03. The Balaban J connectivity index is 1.39. The molecule has 6 nitrogen and oxygen atoms in total. The Bertz CT molecular complexity index is 1160. The van der Waals surface area contributed by atoms with E-state index in [2.05, 4.69) is 19.9 Å². The Kier molecular flexibility index (Phi) is 8.39. The molecule has 210 valence electrons. The summed E-state index contributed by atoms with van der Waals surface area (Å²) in [7, 11) is -0.927. The number of nitrogens with zero attached hydrogens (tertiary/aromatic N) is 1. The van der Waals surface area contributed by atoms with E-state index in [1.807, 2.05) is 26.0 Å². The Labute approximate surface area is 233 Å². The molecule has 0 bridgehead atoms. The summed E-state index contributed by atoms with van der Waals surface area (Å²) in [5.41, 5.74) is 6.45. The number of aromatic hydroxyl groups is 1. The first-order chi connectivity index (χ1) is 18.7. The molecule has 0 radical (unpaired) electrons. The van der Waals surface area contributed by atoms with Crippen LogP contribution in [0.3, 0.4) is 0 Å². The molecule has 2 saturated heterocycles. The van der Waals surface area contributed by atoms with Gasteiger partial charge in [0.15, 0.2) is 0 Å². The molecule has 39 heavy (non-hydrogen) atoms.